The third-order valence-corrected chi connectivity index (χ3v) is 3.85. The molecule has 6 heteroatoms. The highest BCUT2D eigenvalue weighted by Crippen LogP contribution is 2.32. The van der Waals surface area contributed by atoms with Crippen molar-refractivity contribution >= 4 is 22.5 Å². The minimum Gasteiger partial charge on any atom is -0.478 e. The van der Waals surface area contributed by atoms with Crippen LogP contribution < -0.4 is 9.64 Å². The van der Waals surface area contributed by atoms with E-state index in [-0.39, 0.29) is 6.61 Å². The predicted molar refractivity (Wildman–Crippen MR) is 88.9 cm³/mol. The fraction of sp³-hybridized carbons (Fsp3) is 0.235. The summed E-state index contributed by atoms with van der Waals surface area (Å²) in [6, 6.07) is 9.77. The maximum absolute atomic E-state index is 8.68. The van der Waals surface area contributed by atoms with Crippen LogP contribution in [0.3, 0.4) is 0 Å². The third kappa shape index (κ3) is 2.69. The van der Waals surface area contributed by atoms with Crippen LogP contribution in [0.25, 0.3) is 11.0 Å². The first kappa shape index (κ1) is 14.9. The molecule has 0 saturated carbocycles. The highest BCUT2D eigenvalue weighted by molar-refractivity contribution is 5.79. The molecule has 0 unspecified atom stereocenters. The Bertz CT molecular complexity index is 894. The number of nitriles is 1. The first-order valence-electron chi connectivity index (χ1n) is 7.22. The number of ether oxygens (including phenoxy) is 1. The van der Waals surface area contributed by atoms with Crippen LogP contribution in [0.1, 0.15) is 5.56 Å². The van der Waals surface area contributed by atoms with Crippen LogP contribution in [0.5, 0.6) is 5.75 Å². The Morgan fingerprint density at radius 3 is 2.96 bits per heavy atom. The van der Waals surface area contributed by atoms with Crippen LogP contribution in [-0.2, 0) is 7.05 Å². The number of hydrogen-bond acceptors (Lipinski definition) is 5. The molecule has 0 aliphatic rings. The van der Waals surface area contributed by atoms with E-state index in [0.717, 1.165) is 28.1 Å². The number of rotatable bonds is 4. The van der Waals surface area contributed by atoms with E-state index in [1.165, 1.54) is 0 Å². The van der Waals surface area contributed by atoms with E-state index in [1.807, 2.05) is 60.8 Å². The van der Waals surface area contributed by atoms with Gasteiger partial charge in [0.15, 0.2) is 6.61 Å². The summed E-state index contributed by atoms with van der Waals surface area (Å²) < 4.78 is 7.43. The Hall–Kier alpha value is -3.07. The number of aryl methyl sites for hydroxylation is 1. The van der Waals surface area contributed by atoms with Crippen molar-refractivity contribution in [3.8, 4) is 11.8 Å². The summed E-state index contributed by atoms with van der Waals surface area (Å²) in [5.41, 5.74) is 3.84. The van der Waals surface area contributed by atoms with E-state index in [0.29, 0.717) is 5.75 Å². The number of nitrogens with zero attached hydrogens (tertiary/aromatic N) is 5. The van der Waals surface area contributed by atoms with Gasteiger partial charge >= 0.3 is 0 Å². The molecule has 2 heterocycles. The van der Waals surface area contributed by atoms with Gasteiger partial charge in [-0.05, 0) is 19.1 Å². The monoisotopic (exact) mass is 307 g/mol. The van der Waals surface area contributed by atoms with Crippen molar-refractivity contribution in [3.63, 3.8) is 0 Å². The topological polar surface area (TPSA) is 67.0 Å². The average molecular weight is 307 g/mol. The van der Waals surface area contributed by atoms with E-state index in [9.17, 15) is 0 Å². The molecule has 0 spiro atoms. The van der Waals surface area contributed by atoms with Crippen LogP contribution in [0.4, 0.5) is 11.5 Å². The molecule has 2 aromatic heterocycles. The summed E-state index contributed by atoms with van der Waals surface area (Å²) >= 11 is 0. The minimum atomic E-state index is 0.0350. The van der Waals surface area contributed by atoms with E-state index in [4.69, 9.17) is 10.00 Å². The van der Waals surface area contributed by atoms with Crippen molar-refractivity contribution in [2.24, 2.45) is 7.05 Å². The van der Waals surface area contributed by atoms with Gasteiger partial charge in [-0.15, -0.1) is 0 Å². The molecule has 0 bridgehead atoms. The number of benzene rings is 1. The van der Waals surface area contributed by atoms with Crippen LogP contribution in [0, 0.1) is 18.3 Å². The van der Waals surface area contributed by atoms with Gasteiger partial charge < -0.3 is 14.2 Å². The second-order valence-electron chi connectivity index (χ2n) is 5.29. The number of imidazole rings is 1. The molecular formula is C17H17N5O. The molecule has 0 aliphatic carbocycles. The fourth-order valence-corrected chi connectivity index (χ4v) is 2.56. The van der Waals surface area contributed by atoms with Crippen LogP contribution >= 0.6 is 0 Å². The third-order valence-electron chi connectivity index (χ3n) is 3.85. The fourth-order valence-electron chi connectivity index (χ4n) is 2.56. The second-order valence-corrected chi connectivity index (χ2v) is 5.29. The van der Waals surface area contributed by atoms with Crippen LogP contribution in [-0.4, -0.2) is 28.2 Å². The molecule has 0 fully saturated rings. The lowest BCUT2D eigenvalue weighted by Crippen LogP contribution is -2.13. The maximum Gasteiger partial charge on any atom is 0.174 e. The largest absolute Gasteiger partial charge is 0.478 e. The Morgan fingerprint density at radius 2 is 2.17 bits per heavy atom. The van der Waals surface area contributed by atoms with Gasteiger partial charge in [0, 0.05) is 31.4 Å². The minimum absolute atomic E-state index is 0.0350. The lowest BCUT2D eigenvalue weighted by Gasteiger charge is -2.22. The van der Waals surface area contributed by atoms with Crippen molar-refractivity contribution < 1.29 is 4.74 Å². The molecule has 23 heavy (non-hydrogen) atoms. The lowest BCUT2D eigenvalue weighted by atomic mass is 10.1. The van der Waals surface area contributed by atoms with Gasteiger partial charge in [-0.1, -0.05) is 6.07 Å². The Morgan fingerprint density at radius 1 is 1.35 bits per heavy atom. The summed E-state index contributed by atoms with van der Waals surface area (Å²) in [4.78, 5) is 10.8. The smallest absolute Gasteiger partial charge is 0.174 e. The standard InChI is InChI=1S/C17H17N5O/c1-12-14(5-4-6-16(12)23-8-7-18)22(3)17-9-15-13(10-19-17)20-11-21(15)2/h4-6,9-11H,8H2,1-3H3. The number of hydrogen-bond donors (Lipinski definition) is 0. The van der Waals surface area contributed by atoms with Gasteiger partial charge in [0.2, 0.25) is 0 Å². The number of fused-ring (bicyclic) bond motifs is 1. The quantitative estimate of drug-likeness (QED) is 0.741. The normalized spacial score (nSPS) is 10.5. The van der Waals surface area contributed by atoms with Gasteiger partial charge in [0.1, 0.15) is 23.2 Å². The number of aromatic nitrogens is 3. The first-order valence-corrected chi connectivity index (χ1v) is 7.22. The molecule has 0 radical (unpaired) electrons. The molecule has 3 aromatic rings. The molecule has 3 rings (SSSR count). The van der Waals surface area contributed by atoms with E-state index >= 15 is 0 Å². The molecule has 0 amide bonds. The summed E-state index contributed by atoms with van der Waals surface area (Å²) in [6.45, 7) is 2.01. The molecule has 116 valence electrons. The first-order chi connectivity index (χ1) is 11.1. The van der Waals surface area contributed by atoms with Crippen LogP contribution in [0.15, 0.2) is 36.8 Å². The van der Waals surface area contributed by atoms with Gasteiger partial charge in [0.25, 0.3) is 0 Å². The zero-order valence-electron chi connectivity index (χ0n) is 13.3. The van der Waals surface area contributed by atoms with Gasteiger partial charge in [0.05, 0.1) is 18.0 Å². The molecular weight excluding hydrogens is 290 g/mol. The van der Waals surface area contributed by atoms with E-state index in [1.54, 1.807) is 12.5 Å². The van der Waals surface area contributed by atoms with Gasteiger partial charge in [-0.25, -0.2) is 9.97 Å². The van der Waals surface area contributed by atoms with Crippen molar-refractivity contribution in [3.05, 3.63) is 42.4 Å². The summed E-state index contributed by atoms with van der Waals surface area (Å²) in [5.74, 6) is 1.53. The molecule has 0 atom stereocenters. The molecule has 1 aromatic carbocycles. The number of pyridine rings is 1. The summed E-state index contributed by atoms with van der Waals surface area (Å²) in [6.07, 6.45) is 3.55. The summed E-state index contributed by atoms with van der Waals surface area (Å²) in [5, 5.41) is 8.68. The Labute approximate surface area is 134 Å². The molecule has 0 saturated heterocycles. The maximum atomic E-state index is 8.68. The lowest BCUT2D eigenvalue weighted by molar-refractivity contribution is 0.365. The van der Waals surface area contributed by atoms with E-state index in [2.05, 4.69) is 9.97 Å². The highest BCUT2D eigenvalue weighted by atomic mass is 16.5. The Kier molecular flexibility index (Phi) is 3.85. The highest BCUT2D eigenvalue weighted by Gasteiger charge is 2.13. The predicted octanol–water partition coefficient (Wildman–Crippen LogP) is 2.95. The van der Waals surface area contributed by atoms with E-state index < -0.39 is 0 Å². The summed E-state index contributed by atoms with van der Waals surface area (Å²) in [7, 11) is 3.92. The second kappa shape index (κ2) is 5.97. The van der Waals surface area contributed by atoms with Crippen molar-refractivity contribution in [2.45, 2.75) is 6.92 Å². The molecule has 0 aliphatic heterocycles. The zero-order valence-corrected chi connectivity index (χ0v) is 13.3. The average Bonchev–Trinajstić information content (AvgIpc) is 2.94. The Balaban J connectivity index is 2.00. The molecule has 6 nitrogen and oxygen atoms in total. The van der Waals surface area contributed by atoms with Crippen molar-refractivity contribution in [2.75, 3.05) is 18.6 Å². The van der Waals surface area contributed by atoms with Gasteiger partial charge in [-0.3, -0.25) is 0 Å². The van der Waals surface area contributed by atoms with Crippen molar-refractivity contribution in [1.29, 1.82) is 5.26 Å². The zero-order chi connectivity index (χ0) is 16.4. The SMILES string of the molecule is Cc1c(OCC#N)cccc1N(C)c1cc2c(cn1)ncn2C. The number of anilines is 2. The van der Waals surface area contributed by atoms with Crippen LogP contribution in [0.2, 0.25) is 0 Å². The molecule has 0 N–H and O–H groups in total. The van der Waals surface area contributed by atoms with Gasteiger partial charge in [-0.2, -0.15) is 5.26 Å². The van der Waals surface area contributed by atoms with Crippen molar-refractivity contribution in [1.82, 2.24) is 14.5 Å².